The molecule has 0 spiro atoms. The fraction of sp³-hybridized carbons (Fsp3) is 0.115. The second-order valence-electron chi connectivity index (χ2n) is 7.51. The van der Waals surface area contributed by atoms with Crippen LogP contribution in [0.2, 0.25) is 0 Å². The molecule has 2 heterocycles. The minimum Gasteiger partial charge on any atom is -0.295 e. The lowest BCUT2D eigenvalue weighted by Crippen LogP contribution is -2.26. The van der Waals surface area contributed by atoms with Gasteiger partial charge in [-0.2, -0.15) is 5.10 Å². The minimum atomic E-state index is -0.0472. The summed E-state index contributed by atoms with van der Waals surface area (Å²) in [6.07, 6.45) is 2.98. The van der Waals surface area contributed by atoms with Crippen LogP contribution in [0.3, 0.4) is 0 Å². The van der Waals surface area contributed by atoms with Crippen molar-refractivity contribution in [2.45, 2.75) is 19.4 Å². The van der Waals surface area contributed by atoms with E-state index < -0.39 is 0 Å². The van der Waals surface area contributed by atoms with E-state index in [1.165, 1.54) is 5.56 Å². The van der Waals surface area contributed by atoms with E-state index in [0.29, 0.717) is 24.0 Å². The Morgan fingerprint density at radius 1 is 0.742 bits per heavy atom. The Balaban J connectivity index is 1.62. The Kier molecular flexibility index (Phi) is 5.15. The summed E-state index contributed by atoms with van der Waals surface area (Å²) in [4.78, 5) is 18.4. The van der Waals surface area contributed by atoms with E-state index in [0.717, 1.165) is 23.5 Å². The van der Waals surface area contributed by atoms with Crippen LogP contribution in [0.4, 0.5) is 0 Å². The molecular formula is C26H22N4O. The highest BCUT2D eigenvalue weighted by atomic mass is 16.1. The number of fused-ring (bicyclic) bond motifs is 1. The minimum absolute atomic E-state index is 0.0472. The average molecular weight is 406 g/mol. The molecule has 0 bridgehead atoms. The van der Waals surface area contributed by atoms with Gasteiger partial charge in [-0.1, -0.05) is 78.9 Å². The van der Waals surface area contributed by atoms with Crippen molar-refractivity contribution >= 4 is 11.0 Å². The highest BCUT2D eigenvalue weighted by Crippen LogP contribution is 2.16. The summed E-state index contributed by atoms with van der Waals surface area (Å²) in [5.74, 6) is 0.748. The van der Waals surface area contributed by atoms with Crippen molar-refractivity contribution in [3.8, 4) is 5.69 Å². The van der Waals surface area contributed by atoms with Crippen LogP contribution < -0.4 is 5.56 Å². The molecule has 0 N–H and O–H groups in total. The summed E-state index contributed by atoms with van der Waals surface area (Å²) < 4.78 is 3.55. The maximum absolute atomic E-state index is 13.5. The first-order chi connectivity index (χ1) is 15.3. The van der Waals surface area contributed by atoms with Gasteiger partial charge < -0.3 is 0 Å². The monoisotopic (exact) mass is 406 g/mol. The molecule has 0 amide bonds. The second kappa shape index (κ2) is 8.40. The van der Waals surface area contributed by atoms with Gasteiger partial charge in [0.25, 0.3) is 5.56 Å². The molecule has 0 radical (unpaired) electrons. The number of hydrogen-bond acceptors (Lipinski definition) is 3. The lowest BCUT2D eigenvalue weighted by Gasteiger charge is -2.13. The van der Waals surface area contributed by atoms with Crippen molar-refractivity contribution in [2.75, 3.05) is 0 Å². The molecule has 0 aliphatic heterocycles. The standard InChI is InChI=1S/C26H22N4O/c31-26-23-19-27-30(22-14-8-3-9-15-22)25(23)28-24(18-21-12-6-2-7-13-21)29(26)17-16-20-10-4-1-5-11-20/h1-15,19H,16-18H2. The summed E-state index contributed by atoms with van der Waals surface area (Å²) in [6, 6.07) is 30.1. The van der Waals surface area contributed by atoms with Crippen molar-refractivity contribution in [1.82, 2.24) is 19.3 Å². The van der Waals surface area contributed by atoms with Crippen LogP contribution in [0, 0.1) is 0 Å². The topological polar surface area (TPSA) is 52.7 Å². The van der Waals surface area contributed by atoms with Crippen LogP contribution in [-0.4, -0.2) is 19.3 Å². The third-order valence-electron chi connectivity index (χ3n) is 5.44. The van der Waals surface area contributed by atoms with Gasteiger partial charge in [-0.15, -0.1) is 0 Å². The van der Waals surface area contributed by atoms with E-state index in [2.05, 4.69) is 29.4 Å². The van der Waals surface area contributed by atoms with E-state index in [-0.39, 0.29) is 5.56 Å². The fourth-order valence-corrected chi connectivity index (χ4v) is 3.83. The predicted octanol–water partition coefficient (Wildman–Crippen LogP) is 4.42. The van der Waals surface area contributed by atoms with Gasteiger partial charge >= 0.3 is 0 Å². The van der Waals surface area contributed by atoms with E-state index in [1.807, 2.05) is 66.7 Å². The maximum Gasteiger partial charge on any atom is 0.264 e. The van der Waals surface area contributed by atoms with Crippen molar-refractivity contribution in [2.24, 2.45) is 0 Å². The van der Waals surface area contributed by atoms with Gasteiger partial charge in [-0.3, -0.25) is 9.36 Å². The molecule has 2 aromatic heterocycles. The molecule has 0 atom stereocenters. The summed E-state index contributed by atoms with van der Waals surface area (Å²) >= 11 is 0. The van der Waals surface area contributed by atoms with E-state index in [4.69, 9.17) is 4.98 Å². The van der Waals surface area contributed by atoms with E-state index >= 15 is 0 Å². The van der Waals surface area contributed by atoms with Crippen molar-refractivity contribution in [1.29, 1.82) is 0 Å². The zero-order chi connectivity index (χ0) is 21.0. The third-order valence-corrected chi connectivity index (χ3v) is 5.44. The average Bonchev–Trinajstić information content (AvgIpc) is 3.25. The lowest BCUT2D eigenvalue weighted by atomic mass is 10.1. The highest BCUT2D eigenvalue weighted by molar-refractivity contribution is 5.75. The van der Waals surface area contributed by atoms with Gasteiger partial charge in [0.2, 0.25) is 0 Å². The van der Waals surface area contributed by atoms with Crippen molar-refractivity contribution in [3.63, 3.8) is 0 Å². The summed E-state index contributed by atoms with van der Waals surface area (Å²) in [5, 5.41) is 5.01. The lowest BCUT2D eigenvalue weighted by molar-refractivity contribution is 0.625. The molecular weight excluding hydrogens is 384 g/mol. The third kappa shape index (κ3) is 3.90. The van der Waals surface area contributed by atoms with Gasteiger partial charge in [-0.25, -0.2) is 9.67 Å². The van der Waals surface area contributed by atoms with Crippen molar-refractivity contribution < 1.29 is 0 Å². The Morgan fingerprint density at radius 3 is 2.03 bits per heavy atom. The summed E-state index contributed by atoms with van der Waals surface area (Å²) in [7, 11) is 0. The Hall–Kier alpha value is -3.99. The molecule has 152 valence electrons. The molecule has 31 heavy (non-hydrogen) atoms. The predicted molar refractivity (Wildman–Crippen MR) is 123 cm³/mol. The first kappa shape index (κ1) is 19.0. The first-order valence-corrected chi connectivity index (χ1v) is 10.4. The Morgan fingerprint density at radius 2 is 1.35 bits per heavy atom. The molecule has 5 nitrogen and oxygen atoms in total. The number of benzene rings is 3. The largest absolute Gasteiger partial charge is 0.295 e. The smallest absolute Gasteiger partial charge is 0.264 e. The molecule has 0 saturated heterocycles. The van der Waals surface area contributed by atoms with Crippen molar-refractivity contribution in [3.05, 3.63) is 124 Å². The molecule has 0 unspecified atom stereocenters. The molecule has 3 aromatic carbocycles. The molecule has 0 aliphatic rings. The second-order valence-corrected chi connectivity index (χ2v) is 7.51. The normalized spacial score (nSPS) is 11.1. The molecule has 0 saturated carbocycles. The van der Waals surface area contributed by atoms with Crippen LogP contribution in [0.15, 0.2) is 102 Å². The van der Waals surface area contributed by atoms with Crippen LogP contribution in [0.5, 0.6) is 0 Å². The molecule has 0 aliphatic carbocycles. The zero-order valence-corrected chi connectivity index (χ0v) is 17.1. The van der Waals surface area contributed by atoms with E-state index in [9.17, 15) is 4.79 Å². The number of hydrogen-bond donors (Lipinski definition) is 0. The molecule has 0 fully saturated rings. The van der Waals surface area contributed by atoms with Gasteiger partial charge in [-0.05, 0) is 29.7 Å². The quantitative estimate of drug-likeness (QED) is 0.420. The SMILES string of the molecule is O=c1c2cnn(-c3ccccc3)c2nc(Cc2ccccc2)n1CCc1ccccc1. The van der Waals surface area contributed by atoms with Crippen LogP contribution in [0.25, 0.3) is 16.7 Å². The maximum atomic E-state index is 13.5. The summed E-state index contributed by atoms with van der Waals surface area (Å²) in [6.45, 7) is 0.574. The molecule has 5 rings (SSSR count). The van der Waals surface area contributed by atoms with Gasteiger partial charge in [0.15, 0.2) is 5.65 Å². The Bertz CT molecular complexity index is 1360. The Labute approximate surface area is 180 Å². The number of aromatic nitrogens is 4. The summed E-state index contributed by atoms with van der Waals surface area (Å²) in [5.41, 5.74) is 3.75. The van der Waals surface area contributed by atoms with E-state index in [1.54, 1.807) is 15.4 Å². The number of nitrogens with zero attached hydrogens (tertiary/aromatic N) is 4. The zero-order valence-electron chi connectivity index (χ0n) is 17.1. The molecule has 5 aromatic rings. The number of aryl methyl sites for hydroxylation is 1. The fourth-order valence-electron chi connectivity index (χ4n) is 3.83. The van der Waals surface area contributed by atoms with Gasteiger partial charge in [0.05, 0.1) is 11.9 Å². The number of rotatable bonds is 6. The van der Waals surface area contributed by atoms with Crippen LogP contribution >= 0.6 is 0 Å². The first-order valence-electron chi connectivity index (χ1n) is 10.4. The van der Waals surface area contributed by atoms with Crippen LogP contribution in [-0.2, 0) is 19.4 Å². The highest BCUT2D eigenvalue weighted by Gasteiger charge is 2.16. The number of para-hydroxylation sites is 1. The van der Waals surface area contributed by atoms with Crippen LogP contribution in [0.1, 0.15) is 17.0 Å². The van der Waals surface area contributed by atoms with Gasteiger partial charge in [0.1, 0.15) is 11.2 Å². The molecule has 5 heteroatoms. The van der Waals surface area contributed by atoms with Gasteiger partial charge in [0, 0.05) is 13.0 Å².